The molecule has 0 bridgehead atoms. The third-order valence-electron chi connectivity index (χ3n) is 1.32. The highest BCUT2D eigenvalue weighted by atomic mass is 79.9. The van der Waals surface area contributed by atoms with E-state index >= 15 is 0 Å². The molecule has 5 heteroatoms. The molecule has 1 aromatic heterocycles. The number of rotatable bonds is 2. The molecule has 1 heterocycles. The van der Waals surface area contributed by atoms with Crippen molar-refractivity contribution >= 4 is 31.9 Å². The van der Waals surface area contributed by atoms with Crippen molar-refractivity contribution in [3.63, 3.8) is 0 Å². The summed E-state index contributed by atoms with van der Waals surface area (Å²) in [6, 6.07) is 1.88. The van der Waals surface area contributed by atoms with Gasteiger partial charge >= 0.3 is 0 Å². The van der Waals surface area contributed by atoms with Crippen molar-refractivity contribution in [1.29, 1.82) is 0 Å². The van der Waals surface area contributed by atoms with E-state index in [2.05, 4.69) is 37.0 Å². The Hall–Kier alpha value is 0.130. The fraction of sp³-hybridized carbons (Fsp3) is 0.625. The first-order chi connectivity index (χ1) is 5.88. The van der Waals surface area contributed by atoms with Crippen LogP contribution >= 0.6 is 31.9 Å². The van der Waals surface area contributed by atoms with Crippen molar-refractivity contribution in [2.45, 2.75) is 33.1 Å². The molecular weight excluding hydrogens is 300 g/mol. The maximum absolute atomic E-state index is 5.56. The van der Waals surface area contributed by atoms with Crippen LogP contribution in [-0.4, -0.2) is 15.4 Å². The normalized spacial score (nSPS) is 12.1. The highest BCUT2D eigenvalue weighted by Gasteiger charge is 2.11. The minimum Gasteiger partial charge on any atom is -0.354 e. The van der Waals surface area contributed by atoms with Gasteiger partial charge in [0.15, 0.2) is 0 Å². The number of hydrogen-bond acceptors (Lipinski definition) is 2. The molecule has 0 saturated carbocycles. The van der Waals surface area contributed by atoms with E-state index in [9.17, 15) is 0 Å². The van der Waals surface area contributed by atoms with Gasteiger partial charge < -0.3 is 4.74 Å². The molecule has 1 rings (SSSR count). The Kier molecular flexibility index (Phi) is 3.54. The predicted molar refractivity (Wildman–Crippen MR) is 58.5 cm³/mol. The zero-order valence-corrected chi connectivity index (χ0v) is 11.0. The molecule has 0 N–H and O–H groups in total. The molecule has 0 saturated heterocycles. The summed E-state index contributed by atoms with van der Waals surface area (Å²) in [7, 11) is 0. The summed E-state index contributed by atoms with van der Waals surface area (Å²) >= 11 is 6.66. The lowest BCUT2D eigenvalue weighted by molar-refractivity contribution is -0.0489. The lowest BCUT2D eigenvalue weighted by Crippen LogP contribution is -2.21. The largest absolute Gasteiger partial charge is 0.354 e. The second kappa shape index (κ2) is 4.11. The summed E-state index contributed by atoms with van der Waals surface area (Å²) < 4.78 is 9.01. The molecule has 0 unspecified atom stereocenters. The summed E-state index contributed by atoms with van der Waals surface area (Å²) in [5, 5.41) is 4.17. The van der Waals surface area contributed by atoms with E-state index in [1.54, 1.807) is 4.68 Å². The van der Waals surface area contributed by atoms with Gasteiger partial charge in [0.1, 0.15) is 15.9 Å². The molecule has 1 aromatic rings. The minimum absolute atomic E-state index is 0.141. The Morgan fingerprint density at radius 3 is 2.46 bits per heavy atom. The molecule has 0 aliphatic carbocycles. The average Bonchev–Trinajstić information content (AvgIpc) is 2.24. The molecule has 0 spiro atoms. The summed E-state index contributed by atoms with van der Waals surface area (Å²) in [6.07, 6.45) is 0. The highest BCUT2D eigenvalue weighted by molar-refractivity contribution is 9.11. The third kappa shape index (κ3) is 3.79. The third-order valence-corrected chi connectivity index (χ3v) is 2.35. The van der Waals surface area contributed by atoms with Gasteiger partial charge in [0.25, 0.3) is 0 Å². The molecule has 0 aromatic carbocycles. The van der Waals surface area contributed by atoms with Crippen LogP contribution in [0.25, 0.3) is 0 Å². The molecular formula is C8H12Br2N2O. The molecule has 0 amide bonds. The number of halogens is 2. The van der Waals surface area contributed by atoms with Gasteiger partial charge in [-0.1, -0.05) is 0 Å². The lowest BCUT2D eigenvalue weighted by atomic mass is 10.2. The van der Waals surface area contributed by atoms with Crippen LogP contribution in [0.5, 0.6) is 0 Å². The fourth-order valence-electron chi connectivity index (χ4n) is 0.710. The summed E-state index contributed by atoms with van der Waals surface area (Å²) in [5.41, 5.74) is -0.141. The Bertz CT molecular complexity index is 291. The maximum atomic E-state index is 5.56. The van der Waals surface area contributed by atoms with Crippen molar-refractivity contribution < 1.29 is 4.74 Å². The zero-order valence-electron chi connectivity index (χ0n) is 7.84. The first kappa shape index (κ1) is 11.2. The second-order valence-corrected chi connectivity index (χ2v) is 5.30. The number of hydrogen-bond donors (Lipinski definition) is 0. The van der Waals surface area contributed by atoms with Crippen LogP contribution in [-0.2, 0) is 11.5 Å². The lowest BCUT2D eigenvalue weighted by Gasteiger charge is -2.19. The van der Waals surface area contributed by atoms with Crippen LogP contribution < -0.4 is 0 Å². The van der Waals surface area contributed by atoms with E-state index < -0.39 is 0 Å². The Balaban J connectivity index is 2.59. The number of nitrogens with zero attached hydrogens (tertiary/aromatic N) is 2. The first-order valence-electron chi connectivity index (χ1n) is 3.91. The van der Waals surface area contributed by atoms with Crippen LogP contribution in [0.2, 0.25) is 0 Å². The molecule has 0 aliphatic heterocycles. The van der Waals surface area contributed by atoms with Gasteiger partial charge in [-0.25, -0.2) is 4.68 Å². The minimum atomic E-state index is -0.141. The monoisotopic (exact) mass is 310 g/mol. The van der Waals surface area contributed by atoms with Crippen LogP contribution in [0.15, 0.2) is 15.3 Å². The second-order valence-electron chi connectivity index (χ2n) is 3.68. The smallest absolute Gasteiger partial charge is 0.141 e. The van der Waals surface area contributed by atoms with E-state index in [0.717, 1.165) is 9.21 Å². The fourth-order valence-corrected chi connectivity index (χ4v) is 1.82. The van der Waals surface area contributed by atoms with Gasteiger partial charge in [-0.05, 0) is 52.6 Å². The van der Waals surface area contributed by atoms with Gasteiger partial charge in [0.2, 0.25) is 0 Å². The van der Waals surface area contributed by atoms with Gasteiger partial charge in [0.05, 0.1) is 5.60 Å². The van der Waals surface area contributed by atoms with Crippen LogP contribution in [0.3, 0.4) is 0 Å². The first-order valence-corrected chi connectivity index (χ1v) is 5.50. The summed E-state index contributed by atoms with van der Waals surface area (Å²) in [6.45, 7) is 6.49. The summed E-state index contributed by atoms with van der Waals surface area (Å²) in [5.74, 6) is 0. The molecule has 0 fully saturated rings. The van der Waals surface area contributed by atoms with E-state index in [1.807, 2.05) is 26.8 Å². The standard InChI is InChI=1S/C8H12Br2N2O/c1-8(2,3)13-5-12-7(10)4-6(9)11-12/h4H,5H2,1-3H3. The van der Waals surface area contributed by atoms with E-state index in [4.69, 9.17) is 4.74 Å². The van der Waals surface area contributed by atoms with Crippen LogP contribution in [0.1, 0.15) is 20.8 Å². The molecule has 13 heavy (non-hydrogen) atoms. The van der Waals surface area contributed by atoms with Crippen LogP contribution in [0, 0.1) is 0 Å². The molecule has 0 atom stereocenters. The SMILES string of the molecule is CC(C)(C)OCn1nc(Br)cc1Br. The van der Waals surface area contributed by atoms with Gasteiger partial charge in [0, 0.05) is 6.07 Å². The molecule has 0 radical (unpaired) electrons. The zero-order chi connectivity index (χ0) is 10.1. The van der Waals surface area contributed by atoms with E-state index in [0.29, 0.717) is 6.73 Å². The Morgan fingerprint density at radius 2 is 2.08 bits per heavy atom. The predicted octanol–water partition coefficient (Wildman–Crippen LogP) is 3.18. The van der Waals surface area contributed by atoms with Crippen molar-refractivity contribution in [3.8, 4) is 0 Å². The number of ether oxygens (including phenoxy) is 1. The van der Waals surface area contributed by atoms with Crippen LogP contribution in [0.4, 0.5) is 0 Å². The Labute approximate surface area is 94.7 Å². The molecule has 3 nitrogen and oxygen atoms in total. The maximum Gasteiger partial charge on any atom is 0.141 e. The topological polar surface area (TPSA) is 27.1 Å². The van der Waals surface area contributed by atoms with Crippen molar-refractivity contribution in [2.24, 2.45) is 0 Å². The molecule has 74 valence electrons. The van der Waals surface area contributed by atoms with Crippen molar-refractivity contribution in [3.05, 3.63) is 15.3 Å². The Morgan fingerprint density at radius 1 is 1.46 bits per heavy atom. The van der Waals surface area contributed by atoms with Gasteiger partial charge in [-0.2, -0.15) is 5.10 Å². The summed E-state index contributed by atoms with van der Waals surface area (Å²) in [4.78, 5) is 0. The quantitative estimate of drug-likeness (QED) is 0.839. The average molecular weight is 312 g/mol. The van der Waals surface area contributed by atoms with Gasteiger partial charge in [-0.15, -0.1) is 0 Å². The van der Waals surface area contributed by atoms with E-state index in [1.165, 1.54) is 0 Å². The molecule has 0 aliphatic rings. The van der Waals surface area contributed by atoms with Gasteiger partial charge in [-0.3, -0.25) is 0 Å². The van der Waals surface area contributed by atoms with Crippen molar-refractivity contribution in [1.82, 2.24) is 9.78 Å². The van der Waals surface area contributed by atoms with Crippen molar-refractivity contribution in [2.75, 3.05) is 0 Å². The number of aromatic nitrogens is 2. The van der Waals surface area contributed by atoms with E-state index in [-0.39, 0.29) is 5.60 Å². The highest BCUT2D eigenvalue weighted by Crippen LogP contribution is 2.17.